The van der Waals surface area contributed by atoms with Crippen LogP contribution in [0.5, 0.6) is 0 Å². The van der Waals surface area contributed by atoms with Gasteiger partial charge in [-0.15, -0.1) is 11.8 Å². The van der Waals surface area contributed by atoms with E-state index in [9.17, 15) is 0 Å². The third-order valence-electron chi connectivity index (χ3n) is 1.76. The molecule has 2 nitrogen and oxygen atoms in total. The highest BCUT2D eigenvalue weighted by atomic mass is 32.2. The second kappa shape index (κ2) is 5.84. The van der Waals surface area contributed by atoms with Crippen molar-refractivity contribution >= 4 is 11.8 Å². The first-order valence-corrected chi connectivity index (χ1v) is 5.78. The van der Waals surface area contributed by atoms with E-state index in [-0.39, 0.29) is 0 Å². The second-order valence-corrected chi connectivity index (χ2v) is 4.27. The molecule has 0 aliphatic carbocycles. The fourth-order valence-corrected chi connectivity index (χ4v) is 1.99. The van der Waals surface area contributed by atoms with Crippen molar-refractivity contribution in [3.05, 3.63) is 0 Å². The lowest BCUT2D eigenvalue weighted by molar-refractivity contribution is 0.126. The predicted octanol–water partition coefficient (Wildman–Crippen LogP) is 2.28. The highest BCUT2D eigenvalue weighted by Crippen LogP contribution is 2.34. The van der Waals surface area contributed by atoms with Crippen molar-refractivity contribution in [3.8, 4) is 0 Å². The van der Waals surface area contributed by atoms with Crippen molar-refractivity contribution in [1.29, 1.82) is 0 Å². The van der Waals surface area contributed by atoms with Gasteiger partial charge in [0.05, 0.1) is 6.10 Å². The summed E-state index contributed by atoms with van der Waals surface area (Å²) in [7, 11) is 0. The lowest BCUT2D eigenvalue weighted by atomic mass is 10.3. The van der Waals surface area contributed by atoms with Crippen LogP contribution in [-0.2, 0) is 9.47 Å². The van der Waals surface area contributed by atoms with Crippen LogP contribution in [-0.4, -0.2) is 30.5 Å². The zero-order valence-corrected chi connectivity index (χ0v) is 8.73. The Labute approximate surface area is 79.0 Å². The Kier molecular flexibility index (Phi) is 5.04. The standard InChI is InChI=1S/C9H18O2S/c1-3-6-10-7-5-8-9(11-8)12-4-2/h8-9H,3-7H2,1-2H3. The predicted molar refractivity (Wildman–Crippen MR) is 52.5 cm³/mol. The highest BCUT2D eigenvalue weighted by molar-refractivity contribution is 8.00. The van der Waals surface area contributed by atoms with Crippen molar-refractivity contribution in [2.75, 3.05) is 19.0 Å². The molecule has 12 heavy (non-hydrogen) atoms. The van der Waals surface area contributed by atoms with Crippen molar-refractivity contribution in [2.24, 2.45) is 0 Å². The maximum Gasteiger partial charge on any atom is 0.130 e. The van der Waals surface area contributed by atoms with Crippen LogP contribution in [0.2, 0.25) is 0 Å². The summed E-state index contributed by atoms with van der Waals surface area (Å²) in [6, 6.07) is 0. The van der Waals surface area contributed by atoms with Crippen molar-refractivity contribution in [1.82, 2.24) is 0 Å². The van der Waals surface area contributed by atoms with Crippen LogP contribution in [0.15, 0.2) is 0 Å². The van der Waals surface area contributed by atoms with Crippen molar-refractivity contribution < 1.29 is 9.47 Å². The summed E-state index contributed by atoms with van der Waals surface area (Å²) in [4.78, 5) is 0. The molecule has 0 aromatic heterocycles. The summed E-state index contributed by atoms with van der Waals surface area (Å²) in [6.07, 6.45) is 2.66. The molecule has 0 saturated carbocycles. The van der Waals surface area contributed by atoms with E-state index in [4.69, 9.17) is 9.47 Å². The maximum absolute atomic E-state index is 5.42. The normalized spacial score (nSPS) is 27.5. The van der Waals surface area contributed by atoms with Gasteiger partial charge in [-0.2, -0.15) is 0 Å². The van der Waals surface area contributed by atoms with E-state index >= 15 is 0 Å². The highest BCUT2D eigenvalue weighted by Gasteiger charge is 2.37. The molecular formula is C9H18O2S. The fraction of sp³-hybridized carbons (Fsp3) is 1.00. The van der Waals surface area contributed by atoms with Gasteiger partial charge in [0.2, 0.25) is 0 Å². The minimum atomic E-state index is 0.472. The SMILES string of the molecule is CCCOCCC1OC1SCC. The topological polar surface area (TPSA) is 21.8 Å². The summed E-state index contributed by atoms with van der Waals surface area (Å²) < 4.78 is 10.8. The lowest BCUT2D eigenvalue weighted by Gasteiger charge is -1.98. The Bertz CT molecular complexity index is 119. The Morgan fingerprint density at radius 3 is 2.83 bits per heavy atom. The average Bonchev–Trinajstić information content (AvgIpc) is 2.79. The van der Waals surface area contributed by atoms with Crippen LogP contribution in [0.1, 0.15) is 26.7 Å². The number of hydrogen-bond donors (Lipinski definition) is 0. The Balaban J connectivity index is 1.83. The number of epoxide rings is 1. The molecule has 2 atom stereocenters. The van der Waals surface area contributed by atoms with Gasteiger partial charge in [0.25, 0.3) is 0 Å². The first kappa shape index (κ1) is 10.4. The van der Waals surface area contributed by atoms with E-state index in [1.54, 1.807) is 0 Å². The van der Waals surface area contributed by atoms with E-state index in [1.807, 2.05) is 11.8 Å². The van der Waals surface area contributed by atoms with Gasteiger partial charge in [0.15, 0.2) is 0 Å². The lowest BCUT2D eigenvalue weighted by Crippen LogP contribution is -2.00. The molecule has 0 aromatic rings. The smallest absolute Gasteiger partial charge is 0.130 e. The average molecular weight is 190 g/mol. The number of hydrogen-bond acceptors (Lipinski definition) is 3. The van der Waals surface area contributed by atoms with Gasteiger partial charge in [-0.3, -0.25) is 0 Å². The van der Waals surface area contributed by atoms with Gasteiger partial charge in [0, 0.05) is 19.6 Å². The molecule has 72 valence electrons. The summed E-state index contributed by atoms with van der Waals surface area (Å²) in [5.41, 5.74) is 0.472. The third kappa shape index (κ3) is 3.78. The Morgan fingerprint density at radius 2 is 2.17 bits per heavy atom. The van der Waals surface area contributed by atoms with E-state index < -0.39 is 0 Å². The van der Waals surface area contributed by atoms with Crippen LogP contribution in [0.4, 0.5) is 0 Å². The van der Waals surface area contributed by atoms with Crippen molar-refractivity contribution in [2.45, 2.75) is 38.2 Å². The molecule has 1 aliphatic rings. The van der Waals surface area contributed by atoms with Crippen LogP contribution in [0.3, 0.4) is 0 Å². The molecule has 1 fully saturated rings. The number of thioether (sulfide) groups is 1. The first-order chi connectivity index (χ1) is 5.88. The van der Waals surface area contributed by atoms with Crippen LogP contribution < -0.4 is 0 Å². The fourth-order valence-electron chi connectivity index (χ4n) is 1.09. The van der Waals surface area contributed by atoms with E-state index in [2.05, 4.69) is 13.8 Å². The molecule has 0 spiro atoms. The van der Waals surface area contributed by atoms with Crippen LogP contribution in [0.25, 0.3) is 0 Å². The Morgan fingerprint density at radius 1 is 1.33 bits per heavy atom. The van der Waals surface area contributed by atoms with Crippen molar-refractivity contribution in [3.63, 3.8) is 0 Å². The molecule has 2 unspecified atom stereocenters. The molecule has 1 aliphatic heterocycles. The van der Waals surface area contributed by atoms with Gasteiger partial charge < -0.3 is 9.47 Å². The quantitative estimate of drug-likeness (QED) is 0.454. The maximum atomic E-state index is 5.42. The molecule has 1 saturated heterocycles. The molecule has 1 rings (SSSR count). The molecule has 0 radical (unpaired) electrons. The van der Waals surface area contributed by atoms with E-state index in [0.29, 0.717) is 11.5 Å². The van der Waals surface area contributed by atoms with Gasteiger partial charge in [-0.1, -0.05) is 13.8 Å². The minimum absolute atomic E-state index is 0.472. The van der Waals surface area contributed by atoms with E-state index in [1.165, 1.54) is 0 Å². The van der Waals surface area contributed by atoms with Gasteiger partial charge in [-0.25, -0.2) is 0 Å². The zero-order valence-electron chi connectivity index (χ0n) is 7.91. The summed E-state index contributed by atoms with van der Waals surface area (Å²) in [5.74, 6) is 1.15. The first-order valence-electron chi connectivity index (χ1n) is 4.73. The zero-order chi connectivity index (χ0) is 8.81. The minimum Gasteiger partial charge on any atom is -0.381 e. The molecule has 0 aromatic carbocycles. The summed E-state index contributed by atoms with van der Waals surface area (Å²) >= 11 is 1.89. The molecule has 0 bridgehead atoms. The number of ether oxygens (including phenoxy) is 2. The molecule has 0 amide bonds. The summed E-state index contributed by atoms with van der Waals surface area (Å²) in [6.45, 7) is 6.04. The van der Waals surface area contributed by atoms with E-state index in [0.717, 1.165) is 31.8 Å². The molecule has 1 heterocycles. The van der Waals surface area contributed by atoms with Gasteiger partial charge in [-0.05, 0) is 12.2 Å². The third-order valence-corrected chi connectivity index (χ3v) is 2.84. The van der Waals surface area contributed by atoms with Crippen LogP contribution in [0, 0.1) is 0 Å². The molecular weight excluding hydrogens is 172 g/mol. The van der Waals surface area contributed by atoms with Gasteiger partial charge >= 0.3 is 0 Å². The monoisotopic (exact) mass is 190 g/mol. The largest absolute Gasteiger partial charge is 0.381 e. The Hall–Kier alpha value is 0.270. The van der Waals surface area contributed by atoms with Gasteiger partial charge in [0.1, 0.15) is 5.44 Å². The molecule has 0 N–H and O–H groups in total. The summed E-state index contributed by atoms with van der Waals surface area (Å²) in [5, 5.41) is 0. The van der Waals surface area contributed by atoms with Crippen LogP contribution >= 0.6 is 11.8 Å². The molecule has 3 heteroatoms. The number of rotatable bonds is 7. The second-order valence-electron chi connectivity index (χ2n) is 2.90.